The molecule has 0 bridgehead atoms. The van der Waals surface area contributed by atoms with E-state index in [9.17, 15) is 14.0 Å². The molecule has 0 atom stereocenters. The van der Waals surface area contributed by atoms with Crippen LogP contribution in [0.25, 0.3) is 0 Å². The maximum absolute atomic E-state index is 14.1. The number of esters is 2. The van der Waals surface area contributed by atoms with Crippen LogP contribution >= 0.6 is 0 Å². The second-order valence-electron chi connectivity index (χ2n) is 4.30. The molecule has 2 rings (SSSR count). The Morgan fingerprint density at radius 2 is 1.57 bits per heavy atom. The lowest BCUT2D eigenvalue weighted by Crippen LogP contribution is -2.26. The first-order chi connectivity index (χ1) is 10.1. The molecule has 0 spiro atoms. The van der Waals surface area contributed by atoms with Crippen molar-refractivity contribution in [3.63, 3.8) is 0 Å². The fourth-order valence-corrected chi connectivity index (χ4v) is 2.19. The van der Waals surface area contributed by atoms with Crippen LogP contribution in [-0.4, -0.2) is 26.2 Å². The monoisotopic (exact) mass is 291 g/mol. The molecule has 6 heteroatoms. The van der Waals surface area contributed by atoms with Gasteiger partial charge in [0.15, 0.2) is 0 Å². The van der Waals surface area contributed by atoms with Crippen molar-refractivity contribution in [3.05, 3.63) is 59.2 Å². The number of hydrogen-bond acceptors (Lipinski definition) is 5. The molecule has 0 aromatic heterocycles. The molecule has 0 unspecified atom stereocenters. The maximum Gasteiger partial charge on any atom is 0.336 e. The van der Waals surface area contributed by atoms with E-state index in [1.54, 1.807) is 6.07 Å². The molecule has 0 radical (unpaired) electrons. The van der Waals surface area contributed by atoms with Gasteiger partial charge < -0.3 is 14.8 Å². The minimum atomic E-state index is -0.882. The molecule has 5 nitrogen and oxygen atoms in total. The van der Waals surface area contributed by atoms with E-state index in [1.165, 1.54) is 44.8 Å². The summed E-state index contributed by atoms with van der Waals surface area (Å²) in [6.07, 6.45) is 2.77. The zero-order valence-corrected chi connectivity index (χ0v) is 11.6. The van der Waals surface area contributed by atoms with Crippen LogP contribution in [0.4, 0.5) is 4.39 Å². The van der Waals surface area contributed by atoms with Crippen LogP contribution in [0.2, 0.25) is 0 Å². The zero-order chi connectivity index (χ0) is 15.4. The lowest BCUT2D eigenvalue weighted by molar-refractivity contribution is -0.137. The second kappa shape index (κ2) is 6.21. The lowest BCUT2D eigenvalue weighted by Gasteiger charge is -2.24. The van der Waals surface area contributed by atoms with Crippen LogP contribution in [0.5, 0.6) is 0 Å². The third-order valence-corrected chi connectivity index (χ3v) is 3.16. The summed E-state index contributed by atoms with van der Waals surface area (Å²) < 4.78 is 23.5. The highest BCUT2D eigenvalue weighted by Gasteiger charge is 2.34. The Hall–Kier alpha value is -2.63. The number of ether oxygens (including phenoxy) is 2. The van der Waals surface area contributed by atoms with E-state index < -0.39 is 23.7 Å². The summed E-state index contributed by atoms with van der Waals surface area (Å²) >= 11 is 0. The van der Waals surface area contributed by atoms with Crippen molar-refractivity contribution in [3.8, 4) is 0 Å². The van der Waals surface area contributed by atoms with Gasteiger partial charge in [-0.3, -0.25) is 0 Å². The van der Waals surface area contributed by atoms with E-state index in [-0.39, 0.29) is 16.7 Å². The number of carbonyl (C=O) groups excluding carboxylic acids is 2. The average Bonchev–Trinajstić information content (AvgIpc) is 2.53. The SMILES string of the molecule is COC(=O)C1=CNC=C(C(=O)OC)C1c1ccccc1F. The van der Waals surface area contributed by atoms with E-state index in [2.05, 4.69) is 5.32 Å². The van der Waals surface area contributed by atoms with Crippen molar-refractivity contribution < 1.29 is 23.5 Å². The Morgan fingerprint density at radius 3 is 2.05 bits per heavy atom. The minimum absolute atomic E-state index is 0.130. The number of carbonyl (C=O) groups is 2. The van der Waals surface area contributed by atoms with Gasteiger partial charge in [0.25, 0.3) is 0 Å². The normalized spacial score (nSPS) is 14.6. The fraction of sp³-hybridized carbons (Fsp3) is 0.200. The molecule has 1 aromatic rings. The summed E-state index contributed by atoms with van der Waals surface area (Å²) in [7, 11) is 2.44. The van der Waals surface area contributed by atoms with Crippen LogP contribution in [0, 0.1) is 5.82 Å². The minimum Gasteiger partial charge on any atom is -0.466 e. The molecule has 21 heavy (non-hydrogen) atoms. The first kappa shape index (κ1) is 14.8. The average molecular weight is 291 g/mol. The van der Waals surface area contributed by atoms with Crippen LogP contribution in [0.3, 0.4) is 0 Å². The third kappa shape index (κ3) is 2.79. The Labute approximate surface area is 121 Å². The Balaban J connectivity index is 2.55. The number of hydrogen-bond donors (Lipinski definition) is 1. The number of rotatable bonds is 3. The van der Waals surface area contributed by atoms with Crippen molar-refractivity contribution in [2.45, 2.75) is 5.92 Å². The number of nitrogens with one attached hydrogen (secondary N) is 1. The van der Waals surface area contributed by atoms with Crippen molar-refractivity contribution in [1.29, 1.82) is 0 Å². The van der Waals surface area contributed by atoms with Gasteiger partial charge in [-0.2, -0.15) is 0 Å². The predicted octanol–water partition coefficient (Wildman–Crippen LogP) is 1.63. The first-order valence-electron chi connectivity index (χ1n) is 6.17. The summed E-state index contributed by atoms with van der Waals surface area (Å²) in [5, 5.41) is 2.69. The lowest BCUT2D eigenvalue weighted by atomic mass is 9.83. The smallest absolute Gasteiger partial charge is 0.336 e. The molecule has 1 aliphatic rings. The largest absolute Gasteiger partial charge is 0.466 e. The van der Waals surface area contributed by atoms with Gasteiger partial charge in [-0.05, 0) is 6.07 Å². The van der Waals surface area contributed by atoms with Crippen LogP contribution in [0.1, 0.15) is 11.5 Å². The molecule has 0 saturated carbocycles. The molecule has 1 aliphatic heterocycles. The molecule has 0 amide bonds. The topological polar surface area (TPSA) is 64.6 Å². The number of methoxy groups -OCH3 is 2. The molecule has 110 valence electrons. The highest BCUT2D eigenvalue weighted by Crippen LogP contribution is 2.35. The van der Waals surface area contributed by atoms with Crippen LogP contribution in [-0.2, 0) is 19.1 Å². The van der Waals surface area contributed by atoms with Gasteiger partial charge in [-0.1, -0.05) is 18.2 Å². The molecule has 0 saturated heterocycles. The van der Waals surface area contributed by atoms with E-state index in [0.717, 1.165) is 0 Å². The standard InChI is InChI=1S/C15H14FNO4/c1-20-14(18)10-7-17-8-11(15(19)21-2)13(10)9-5-3-4-6-12(9)16/h3-8,13,17H,1-2H3. The summed E-state index contributed by atoms with van der Waals surface area (Å²) in [4.78, 5) is 23.8. The van der Waals surface area contributed by atoms with Crippen molar-refractivity contribution in [1.82, 2.24) is 5.32 Å². The molecule has 1 heterocycles. The molecule has 0 aliphatic carbocycles. The van der Waals surface area contributed by atoms with Crippen LogP contribution in [0.15, 0.2) is 47.8 Å². The summed E-state index contributed by atoms with van der Waals surface area (Å²) in [5.74, 6) is -2.70. The van der Waals surface area contributed by atoms with Gasteiger partial charge in [0.2, 0.25) is 0 Å². The van der Waals surface area contributed by atoms with Gasteiger partial charge in [-0.15, -0.1) is 0 Å². The molecule has 1 N–H and O–H groups in total. The second-order valence-corrected chi connectivity index (χ2v) is 4.30. The molecular formula is C15H14FNO4. The van der Waals surface area contributed by atoms with Crippen LogP contribution < -0.4 is 5.32 Å². The fourth-order valence-electron chi connectivity index (χ4n) is 2.19. The third-order valence-electron chi connectivity index (χ3n) is 3.16. The number of halogens is 1. The molecule has 1 aromatic carbocycles. The first-order valence-corrected chi connectivity index (χ1v) is 6.17. The van der Waals surface area contributed by atoms with Crippen molar-refractivity contribution in [2.75, 3.05) is 14.2 Å². The highest BCUT2D eigenvalue weighted by atomic mass is 19.1. The molecule has 0 fully saturated rings. The molecular weight excluding hydrogens is 277 g/mol. The summed E-state index contributed by atoms with van der Waals surface area (Å²) in [6.45, 7) is 0. The maximum atomic E-state index is 14.1. The Kier molecular flexibility index (Phi) is 4.37. The van der Waals surface area contributed by atoms with Gasteiger partial charge >= 0.3 is 11.9 Å². The van der Waals surface area contributed by atoms with Gasteiger partial charge in [0.1, 0.15) is 5.82 Å². The van der Waals surface area contributed by atoms with E-state index >= 15 is 0 Å². The summed E-state index contributed by atoms with van der Waals surface area (Å²) in [5.41, 5.74) is 0.461. The van der Waals surface area contributed by atoms with E-state index in [1.807, 2.05) is 0 Å². The number of dihydropyridines is 1. The van der Waals surface area contributed by atoms with E-state index in [0.29, 0.717) is 0 Å². The van der Waals surface area contributed by atoms with Crippen molar-refractivity contribution >= 4 is 11.9 Å². The highest BCUT2D eigenvalue weighted by molar-refractivity contribution is 5.98. The van der Waals surface area contributed by atoms with Gasteiger partial charge in [0.05, 0.1) is 31.3 Å². The summed E-state index contributed by atoms with van der Waals surface area (Å²) in [6, 6.07) is 5.94. The Bertz CT molecular complexity index is 604. The van der Waals surface area contributed by atoms with Gasteiger partial charge in [-0.25, -0.2) is 14.0 Å². The Morgan fingerprint density at radius 1 is 1.05 bits per heavy atom. The zero-order valence-electron chi connectivity index (χ0n) is 11.6. The van der Waals surface area contributed by atoms with Gasteiger partial charge in [0, 0.05) is 18.0 Å². The number of benzene rings is 1. The predicted molar refractivity (Wildman–Crippen MR) is 72.5 cm³/mol. The van der Waals surface area contributed by atoms with Crippen molar-refractivity contribution in [2.24, 2.45) is 0 Å². The quantitative estimate of drug-likeness (QED) is 0.857. The van der Waals surface area contributed by atoms with E-state index in [4.69, 9.17) is 9.47 Å².